The SMILES string of the molecule is CC(=O)N(/C=C(/C(C)C)C(C)(C)c1ccc(OCC(C)(C)C)c(Cl)c1)CCCCC(=O)O. The number of rotatable bonds is 11. The predicted molar refractivity (Wildman–Crippen MR) is 131 cm³/mol. The molecule has 1 aromatic rings. The molecule has 0 bridgehead atoms. The zero-order chi connectivity index (χ0) is 24.7. The van der Waals surface area contributed by atoms with E-state index in [4.69, 9.17) is 21.4 Å². The Kier molecular flexibility index (Phi) is 10.3. The van der Waals surface area contributed by atoms with Crippen molar-refractivity contribution in [1.29, 1.82) is 0 Å². The van der Waals surface area contributed by atoms with Crippen molar-refractivity contribution in [2.75, 3.05) is 13.2 Å². The molecule has 0 radical (unpaired) electrons. The summed E-state index contributed by atoms with van der Waals surface area (Å²) in [5.41, 5.74) is 1.81. The topological polar surface area (TPSA) is 66.8 Å². The summed E-state index contributed by atoms with van der Waals surface area (Å²) in [4.78, 5) is 24.7. The van der Waals surface area contributed by atoms with Crippen LogP contribution in [0.3, 0.4) is 0 Å². The van der Waals surface area contributed by atoms with Gasteiger partial charge in [-0.2, -0.15) is 0 Å². The highest BCUT2D eigenvalue weighted by molar-refractivity contribution is 6.32. The minimum atomic E-state index is -0.814. The smallest absolute Gasteiger partial charge is 0.303 e. The molecule has 0 heterocycles. The van der Waals surface area contributed by atoms with Crippen LogP contribution in [0.4, 0.5) is 0 Å². The quantitative estimate of drug-likeness (QED) is 0.370. The van der Waals surface area contributed by atoms with E-state index < -0.39 is 5.97 Å². The Bertz CT molecular complexity index is 822. The van der Waals surface area contributed by atoms with Crippen molar-refractivity contribution in [3.05, 3.63) is 40.6 Å². The number of amides is 1. The summed E-state index contributed by atoms with van der Waals surface area (Å²) < 4.78 is 5.90. The van der Waals surface area contributed by atoms with Gasteiger partial charge in [0.1, 0.15) is 5.75 Å². The first-order valence-corrected chi connectivity index (χ1v) is 11.7. The maximum Gasteiger partial charge on any atom is 0.303 e. The van der Waals surface area contributed by atoms with Gasteiger partial charge in [0.2, 0.25) is 5.91 Å². The molecule has 180 valence electrons. The molecule has 1 rings (SSSR count). The lowest BCUT2D eigenvalue weighted by atomic mass is 9.73. The van der Waals surface area contributed by atoms with E-state index in [9.17, 15) is 9.59 Å². The fourth-order valence-corrected chi connectivity index (χ4v) is 3.77. The van der Waals surface area contributed by atoms with Crippen molar-refractivity contribution in [2.24, 2.45) is 11.3 Å². The number of allylic oxidation sites excluding steroid dienone is 1. The second-order valence-electron chi connectivity index (χ2n) is 10.4. The highest BCUT2D eigenvalue weighted by atomic mass is 35.5. The van der Waals surface area contributed by atoms with Gasteiger partial charge < -0.3 is 14.7 Å². The third-order valence-electron chi connectivity index (χ3n) is 5.40. The lowest BCUT2D eigenvalue weighted by Gasteiger charge is -2.34. The Morgan fingerprint density at radius 1 is 1.16 bits per heavy atom. The zero-order valence-electron chi connectivity index (χ0n) is 20.9. The Morgan fingerprint density at radius 3 is 2.25 bits per heavy atom. The number of carboxylic acid groups (broad SMARTS) is 1. The first-order chi connectivity index (χ1) is 14.6. The Hall–Kier alpha value is -2.01. The number of aliphatic carboxylic acids is 1. The van der Waals surface area contributed by atoms with Gasteiger partial charge in [-0.3, -0.25) is 9.59 Å². The van der Waals surface area contributed by atoms with E-state index in [2.05, 4.69) is 48.5 Å². The molecule has 6 heteroatoms. The molecule has 1 aromatic carbocycles. The van der Waals surface area contributed by atoms with Crippen molar-refractivity contribution in [2.45, 2.75) is 80.1 Å². The number of carboxylic acids is 1. The van der Waals surface area contributed by atoms with Crippen LogP contribution in [0.15, 0.2) is 30.0 Å². The van der Waals surface area contributed by atoms with Gasteiger partial charge in [-0.1, -0.05) is 66.1 Å². The van der Waals surface area contributed by atoms with Gasteiger partial charge in [0.05, 0.1) is 11.6 Å². The third-order valence-corrected chi connectivity index (χ3v) is 5.69. The molecule has 1 amide bonds. The van der Waals surface area contributed by atoms with Crippen LogP contribution in [0.25, 0.3) is 0 Å². The molecule has 0 saturated heterocycles. The number of benzene rings is 1. The molecule has 0 atom stereocenters. The molecule has 0 unspecified atom stereocenters. The maximum atomic E-state index is 12.3. The van der Waals surface area contributed by atoms with Crippen LogP contribution in [0.5, 0.6) is 5.75 Å². The molecule has 1 N–H and O–H groups in total. The van der Waals surface area contributed by atoms with Gasteiger partial charge in [-0.25, -0.2) is 0 Å². The number of unbranched alkanes of at least 4 members (excludes halogenated alkanes) is 1. The molecule has 5 nitrogen and oxygen atoms in total. The van der Waals surface area contributed by atoms with E-state index >= 15 is 0 Å². The summed E-state index contributed by atoms with van der Waals surface area (Å²) in [7, 11) is 0. The molecular weight excluding hydrogens is 426 g/mol. The zero-order valence-corrected chi connectivity index (χ0v) is 21.7. The van der Waals surface area contributed by atoms with Gasteiger partial charge in [0, 0.05) is 31.5 Å². The van der Waals surface area contributed by atoms with E-state index in [0.29, 0.717) is 36.8 Å². The molecule has 32 heavy (non-hydrogen) atoms. The average Bonchev–Trinajstić information content (AvgIpc) is 2.64. The first-order valence-electron chi connectivity index (χ1n) is 11.3. The van der Waals surface area contributed by atoms with Crippen LogP contribution in [0, 0.1) is 11.3 Å². The summed E-state index contributed by atoms with van der Waals surface area (Å²) in [5.74, 6) is -0.00886. The fourth-order valence-electron chi connectivity index (χ4n) is 3.54. The van der Waals surface area contributed by atoms with E-state index in [1.807, 2.05) is 24.4 Å². The number of nitrogens with zero attached hydrogens (tertiary/aromatic N) is 1. The number of halogens is 1. The molecule has 0 aromatic heterocycles. The lowest BCUT2D eigenvalue weighted by molar-refractivity contribution is -0.137. The standard InChI is InChI=1S/C26H40ClNO4/c1-18(2)21(16-28(19(3)29)14-10-9-11-24(30)31)26(7,8)20-12-13-23(22(27)15-20)32-17-25(4,5)6/h12-13,15-16,18H,9-11,14,17H2,1-8H3,(H,30,31)/b21-16-. The van der Waals surface area contributed by atoms with Crippen LogP contribution in [0.2, 0.25) is 5.02 Å². The van der Waals surface area contributed by atoms with Crippen LogP contribution < -0.4 is 4.74 Å². The van der Waals surface area contributed by atoms with Gasteiger partial charge >= 0.3 is 5.97 Å². The number of carbonyl (C=O) groups is 2. The summed E-state index contributed by atoms with van der Waals surface area (Å²) in [6, 6.07) is 5.89. The van der Waals surface area contributed by atoms with E-state index in [1.54, 1.807) is 4.90 Å². The molecule has 0 saturated carbocycles. The van der Waals surface area contributed by atoms with Crippen molar-refractivity contribution in [1.82, 2.24) is 4.90 Å². The molecule has 0 aliphatic carbocycles. The summed E-state index contributed by atoms with van der Waals surface area (Å²) >= 11 is 6.56. The van der Waals surface area contributed by atoms with E-state index in [-0.39, 0.29) is 29.1 Å². The summed E-state index contributed by atoms with van der Waals surface area (Å²) in [6.45, 7) is 17.4. The summed E-state index contributed by atoms with van der Waals surface area (Å²) in [5, 5.41) is 9.41. The molecular formula is C26H40ClNO4. The highest BCUT2D eigenvalue weighted by Crippen LogP contribution is 2.39. The Balaban J connectivity index is 3.17. The van der Waals surface area contributed by atoms with Crippen LogP contribution >= 0.6 is 11.6 Å². The monoisotopic (exact) mass is 465 g/mol. The van der Waals surface area contributed by atoms with Gasteiger partial charge in [0.15, 0.2) is 0 Å². The van der Waals surface area contributed by atoms with Crippen molar-refractivity contribution < 1.29 is 19.4 Å². The van der Waals surface area contributed by atoms with Gasteiger partial charge in [0.25, 0.3) is 0 Å². The summed E-state index contributed by atoms with van der Waals surface area (Å²) in [6.07, 6.45) is 3.23. The van der Waals surface area contributed by atoms with E-state index in [1.165, 1.54) is 6.92 Å². The molecule has 0 spiro atoms. The normalized spacial score (nSPS) is 12.8. The lowest BCUT2D eigenvalue weighted by Crippen LogP contribution is -2.30. The number of ether oxygens (including phenoxy) is 1. The predicted octanol–water partition coefficient (Wildman–Crippen LogP) is 6.69. The van der Waals surface area contributed by atoms with Crippen molar-refractivity contribution >= 4 is 23.5 Å². The second kappa shape index (κ2) is 11.7. The Morgan fingerprint density at radius 2 is 1.78 bits per heavy atom. The number of carbonyl (C=O) groups excluding carboxylic acids is 1. The maximum absolute atomic E-state index is 12.3. The largest absolute Gasteiger partial charge is 0.491 e. The van der Waals surface area contributed by atoms with Crippen molar-refractivity contribution in [3.63, 3.8) is 0 Å². The minimum Gasteiger partial charge on any atom is -0.491 e. The van der Waals surface area contributed by atoms with Crippen molar-refractivity contribution in [3.8, 4) is 5.75 Å². The minimum absolute atomic E-state index is 0.0371. The molecule has 0 aliphatic heterocycles. The second-order valence-corrected chi connectivity index (χ2v) is 10.8. The number of hydrogen-bond acceptors (Lipinski definition) is 3. The number of hydrogen-bond donors (Lipinski definition) is 1. The van der Waals surface area contributed by atoms with Gasteiger partial charge in [-0.05, 0) is 47.4 Å². The van der Waals surface area contributed by atoms with Gasteiger partial charge in [-0.15, -0.1) is 0 Å². The van der Waals surface area contributed by atoms with Crippen LogP contribution in [-0.4, -0.2) is 35.0 Å². The van der Waals surface area contributed by atoms with Crippen LogP contribution in [0.1, 0.15) is 80.2 Å². The Labute approximate surface area is 198 Å². The molecule has 0 aliphatic rings. The fraction of sp³-hybridized carbons (Fsp3) is 0.615. The van der Waals surface area contributed by atoms with E-state index in [0.717, 1.165) is 11.1 Å². The van der Waals surface area contributed by atoms with Crippen LogP contribution in [-0.2, 0) is 15.0 Å². The third kappa shape index (κ3) is 8.85. The molecule has 0 fully saturated rings. The average molecular weight is 466 g/mol. The first kappa shape index (κ1) is 28.0. The highest BCUT2D eigenvalue weighted by Gasteiger charge is 2.29.